The summed E-state index contributed by atoms with van der Waals surface area (Å²) < 4.78 is 5.76. The van der Waals surface area contributed by atoms with E-state index in [-0.39, 0.29) is 19.0 Å². The first-order valence-electron chi connectivity index (χ1n) is 8.81. The molecule has 1 atom stereocenters. The van der Waals surface area contributed by atoms with E-state index < -0.39 is 5.54 Å². The maximum absolute atomic E-state index is 9.41. The van der Waals surface area contributed by atoms with Crippen LogP contribution < -0.4 is 10.5 Å². The number of unbranched alkanes of at least 4 members (excludes halogenated alkanes) is 4. The molecular weight excluding hydrogens is 345 g/mol. The van der Waals surface area contributed by atoms with E-state index in [0.717, 1.165) is 31.6 Å². The average molecular weight is 378 g/mol. The molecule has 0 spiro atoms. The molecule has 0 aliphatic rings. The Kier molecular flexibility index (Phi) is 13.5. The van der Waals surface area contributed by atoms with Crippen LogP contribution in [0.15, 0.2) is 24.3 Å². The van der Waals surface area contributed by atoms with E-state index in [2.05, 4.69) is 19.1 Å². The lowest BCUT2D eigenvalue weighted by molar-refractivity contribution is 0.183. The van der Waals surface area contributed by atoms with Gasteiger partial charge in [-0.2, -0.15) is 0 Å². The molecule has 0 radical (unpaired) electrons. The Morgan fingerprint density at radius 2 is 1.75 bits per heavy atom. The van der Waals surface area contributed by atoms with Crippen LogP contribution in [0.2, 0.25) is 0 Å². The lowest BCUT2D eigenvalue weighted by atomic mass is 9.90. The molecule has 0 aliphatic heterocycles. The number of halogens is 2. The monoisotopic (exact) mass is 377 g/mol. The van der Waals surface area contributed by atoms with Gasteiger partial charge in [0.05, 0.1) is 13.2 Å². The molecule has 0 bridgehead atoms. The Labute approximate surface area is 158 Å². The summed E-state index contributed by atoms with van der Waals surface area (Å²) in [7, 11) is 0. The molecule has 0 heterocycles. The Balaban J connectivity index is 0.00000529. The van der Waals surface area contributed by atoms with E-state index in [0.29, 0.717) is 12.3 Å². The zero-order valence-electron chi connectivity index (χ0n) is 14.8. The summed E-state index contributed by atoms with van der Waals surface area (Å²) in [5, 5.41) is 9.41. The van der Waals surface area contributed by atoms with Gasteiger partial charge in [0.2, 0.25) is 0 Å². The van der Waals surface area contributed by atoms with Crippen LogP contribution in [0.1, 0.15) is 57.4 Å². The molecule has 0 saturated heterocycles. The minimum Gasteiger partial charge on any atom is -0.494 e. The van der Waals surface area contributed by atoms with E-state index in [1.807, 2.05) is 12.1 Å². The highest BCUT2D eigenvalue weighted by Gasteiger charge is 2.22. The van der Waals surface area contributed by atoms with Crippen molar-refractivity contribution in [2.24, 2.45) is 5.73 Å². The van der Waals surface area contributed by atoms with Gasteiger partial charge in [0, 0.05) is 11.4 Å². The Bertz CT molecular complexity index is 414. The summed E-state index contributed by atoms with van der Waals surface area (Å²) in [5.74, 6) is 1.40. The van der Waals surface area contributed by atoms with Crippen molar-refractivity contribution in [2.75, 3.05) is 19.1 Å². The van der Waals surface area contributed by atoms with Gasteiger partial charge in [0.25, 0.3) is 0 Å². The highest BCUT2D eigenvalue weighted by Crippen LogP contribution is 2.19. The number of aliphatic hydroxyl groups excluding tert-OH is 1. The van der Waals surface area contributed by atoms with Crippen LogP contribution in [0.25, 0.3) is 0 Å². The molecule has 0 amide bonds. The van der Waals surface area contributed by atoms with Gasteiger partial charge in [-0.3, -0.25) is 0 Å². The van der Waals surface area contributed by atoms with Crippen LogP contribution in [0.5, 0.6) is 5.75 Å². The van der Waals surface area contributed by atoms with Gasteiger partial charge in [-0.1, -0.05) is 44.7 Å². The third-order valence-corrected chi connectivity index (χ3v) is 4.45. The van der Waals surface area contributed by atoms with E-state index in [1.54, 1.807) is 0 Å². The normalized spacial score (nSPS) is 13.2. The molecule has 1 aromatic carbocycles. The average Bonchev–Trinajstić information content (AvgIpc) is 2.57. The van der Waals surface area contributed by atoms with Gasteiger partial charge in [0.15, 0.2) is 0 Å². The number of ether oxygens (including phenoxy) is 1. The second-order valence-corrected chi connectivity index (χ2v) is 6.74. The summed E-state index contributed by atoms with van der Waals surface area (Å²) >= 11 is 5.75. The van der Waals surface area contributed by atoms with Crippen LogP contribution in [0.4, 0.5) is 0 Å². The maximum atomic E-state index is 9.41. The molecular formula is C19H33Cl2NO2. The second kappa shape index (κ2) is 13.8. The summed E-state index contributed by atoms with van der Waals surface area (Å²) in [6, 6.07) is 8.18. The van der Waals surface area contributed by atoms with Crippen LogP contribution in [-0.2, 0) is 6.42 Å². The van der Waals surface area contributed by atoms with Crippen LogP contribution in [-0.4, -0.2) is 29.7 Å². The van der Waals surface area contributed by atoms with E-state index in [4.69, 9.17) is 22.1 Å². The Hall–Kier alpha value is -0.480. The predicted molar refractivity (Wildman–Crippen MR) is 106 cm³/mol. The Morgan fingerprint density at radius 3 is 2.33 bits per heavy atom. The zero-order chi connectivity index (χ0) is 17.0. The fourth-order valence-corrected chi connectivity index (χ4v) is 2.89. The second-order valence-electron chi connectivity index (χ2n) is 6.37. The molecule has 24 heavy (non-hydrogen) atoms. The van der Waals surface area contributed by atoms with Gasteiger partial charge >= 0.3 is 0 Å². The molecule has 0 aliphatic carbocycles. The molecule has 1 rings (SSSR count). The lowest BCUT2D eigenvalue weighted by Crippen LogP contribution is -2.44. The fourth-order valence-electron chi connectivity index (χ4n) is 2.51. The van der Waals surface area contributed by atoms with Crippen molar-refractivity contribution in [3.8, 4) is 5.75 Å². The van der Waals surface area contributed by atoms with Gasteiger partial charge in [0.1, 0.15) is 5.75 Å². The molecule has 0 aromatic heterocycles. The number of aliphatic hydroxyl groups is 1. The first-order valence-corrected chi connectivity index (χ1v) is 9.34. The van der Waals surface area contributed by atoms with E-state index in [1.165, 1.54) is 31.2 Å². The van der Waals surface area contributed by atoms with Crippen LogP contribution in [0.3, 0.4) is 0 Å². The zero-order valence-corrected chi connectivity index (χ0v) is 16.4. The topological polar surface area (TPSA) is 55.5 Å². The van der Waals surface area contributed by atoms with Crippen molar-refractivity contribution >= 4 is 24.0 Å². The highest BCUT2D eigenvalue weighted by atomic mass is 35.5. The standard InChI is InChI=1S/C19H32ClNO2.ClH/c1-2-3-4-5-6-15-23-18-9-7-17(8-10-18)11-12-19(21,16-22)13-14-20;/h7-10,22H,2-6,11-16,21H2,1H3;1H. The van der Waals surface area contributed by atoms with Crippen molar-refractivity contribution in [1.82, 2.24) is 0 Å². The minimum absolute atomic E-state index is 0. The quantitative estimate of drug-likeness (QED) is 0.386. The smallest absolute Gasteiger partial charge is 0.119 e. The van der Waals surface area contributed by atoms with Gasteiger partial charge in [-0.25, -0.2) is 0 Å². The van der Waals surface area contributed by atoms with Crippen molar-refractivity contribution in [3.63, 3.8) is 0 Å². The minimum atomic E-state index is -0.574. The number of nitrogens with two attached hydrogens (primary N) is 1. The summed E-state index contributed by atoms with van der Waals surface area (Å²) in [6.07, 6.45) is 8.44. The van der Waals surface area contributed by atoms with Crippen molar-refractivity contribution in [3.05, 3.63) is 29.8 Å². The largest absolute Gasteiger partial charge is 0.494 e. The van der Waals surface area contributed by atoms with E-state index >= 15 is 0 Å². The van der Waals surface area contributed by atoms with Gasteiger partial charge < -0.3 is 15.6 Å². The van der Waals surface area contributed by atoms with Gasteiger partial charge in [-0.05, 0) is 43.4 Å². The molecule has 0 fully saturated rings. The van der Waals surface area contributed by atoms with Crippen LogP contribution in [0, 0.1) is 0 Å². The number of rotatable bonds is 13. The van der Waals surface area contributed by atoms with Crippen molar-refractivity contribution in [2.45, 2.75) is 63.8 Å². The first-order chi connectivity index (χ1) is 11.1. The van der Waals surface area contributed by atoms with Crippen molar-refractivity contribution < 1.29 is 9.84 Å². The summed E-state index contributed by atoms with van der Waals surface area (Å²) in [4.78, 5) is 0. The molecule has 140 valence electrons. The maximum Gasteiger partial charge on any atom is 0.119 e. The summed E-state index contributed by atoms with van der Waals surface area (Å²) in [6.45, 7) is 2.98. The molecule has 0 saturated carbocycles. The number of hydrogen-bond acceptors (Lipinski definition) is 3. The third kappa shape index (κ3) is 9.73. The molecule has 3 nitrogen and oxygen atoms in total. The third-order valence-electron chi connectivity index (χ3n) is 4.26. The molecule has 3 N–H and O–H groups in total. The van der Waals surface area contributed by atoms with Gasteiger partial charge in [-0.15, -0.1) is 24.0 Å². The molecule has 5 heteroatoms. The highest BCUT2D eigenvalue weighted by molar-refractivity contribution is 6.17. The fraction of sp³-hybridized carbons (Fsp3) is 0.684. The van der Waals surface area contributed by atoms with Crippen molar-refractivity contribution in [1.29, 1.82) is 0 Å². The number of hydrogen-bond donors (Lipinski definition) is 2. The SMILES string of the molecule is CCCCCCCOc1ccc(CCC(N)(CO)CCCl)cc1.Cl. The number of alkyl halides is 1. The molecule has 1 aromatic rings. The predicted octanol–water partition coefficient (Wildman–Crippen LogP) is 4.71. The Morgan fingerprint density at radius 1 is 1.08 bits per heavy atom. The number of aryl methyl sites for hydroxylation is 1. The molecule has 1 unspecified atom stereocenters. The lowest BCUT2D eigenvalue weighted by Gasteiger charge is -2.26. The van der Waals surface area contributed by atoms with Crippen LogP contribution >= 0.6 is 24.0 Å². The first kappa shape index (κ1) is 23.5. The van der Waals surface area contributed by atoms with E-state index in [9.17, 15) is 5.11 Å². The summed E-state index contributed by atoms with van der Waals surface area (Å²) in [5.41, 5.74) is 6.77. The number of benzene rings is 1.